The first kappa shape index (κ1) is 35.6. The number of hydrogen-bond donors (Lipinski definition) is 1. The normalized spacial score (nSPS) is 16.3. The van der Waals surface area contributed by atoms with E-state index in [1.165, 1.54) is 18.2 Å². The number of rotatable bonds is 16. The van der Waals surface area contributed by atoms with Crippen LogP contribution in [0.3, 0.4) is 0 Å². The zero-order valence-corrected chi connectivity index (χ0v) is 27.3. The van der Waals surface area contributed by atoms with E-state index in [1.54, 1.807) is 0 Å². The minimum absolute atomic E-state index is 0.0533. The lowest BCUT2D eigenvalue weighted by Gasteiger charge is -2.23. The Kier molecular flexibility index (Phi) is 12.1. The van der Waals surface area contributed by atoms with Crippen LogP contribution in [-0.4, -0.2) is 84.8 Å². The minimum Gasteiger partial charge on any atom is -0.480 e. The molecule has 1 aliphatic rings. The van der Waals surface area contributed by atoms with E-state index in [1.807, 2.05) is 0 Å². The molecular formula is C25H38F3NO10SSi2. The van der Waals surface area contributed by atoms with Gasteiger partial charge in [-0.3, -0.25) is 9.69 Å². The number of hydrogen-bond acceptors (Lipinski definition) is 9. The third kappa shape index (κ3) is 10.9. The van der Waals surface area contributed by atoms with Gasteiger partial charge in [0.15, 0.2) is 13.6 Å². The van der Waals surface area contributed by atoms with E-state index in [9.17, 15) is 36.3 Å². The molecule has 0 saturated heterocycles. The van der Waals surface area contributed by atoms with Crippen LogP contribution in [0.5, 0.6) is 11.5 Å². The Morgan fingerprint density at radius 2 is 1.43 bits per heavy atom. The Bertz CT molecular complexity index is 1200. The number of carbonyl (C=O) groups is 2. The van der Waals surface area contributed by atoms with Crippen molar-refractivity contribution in [3.05, 3.63) is 35.7 Å². The van der Waals surface area contributed by atoms with Crippen LogP contribution in [0.2, 0.25) is 51.4 Å². The summed E-state index contributed by atoms with van der Waals surface area (Å²) in [6.07, 6.45) is -0.213. The van der Waals surface area contributed by atoms with Crippen LogP contribution in [0, 0.1) is 0 Å². The summed E-state index contributed by atoms with van der Waals surface area (Å²) in [6, 6.07) is 4.28. The Labute approximate surface area is 245 Å². The van der Waals surface area contributed by atoms with Crippen LogP contribution in [0.4, 0.5) is 13.2 Å². The number of nitrogens with zero attached hydrogens (tertiary/aromatic N) is 1. The summed E-state index contributed by atoms with van der Waals surface area (Å²) in [4.78, 5) is 26.2. The average molecular weight is 658 g/mol. The molecular weight excluding hydrogens is 620 g/mol. The van der Waals surface area contributed by atoms with Crippen molar-refractivity contribution in [1.29, 1.82) is 0 Å². The van der Waals surface area contributed by atoms with Gasteiger partial charge in [0.1, 0.15) is 28.9 Å². The average Bonchev–Trinajstić information content (AvgIpc) is 3.24. The highest BCUT2D eigenvalue weighted by atomic mass is 32.2. The third-order valence-electron chi connectivity index (χ3n) is 5.82. The summed E-state index contributed by atoms with van der Waals surface area (Å²) < 4.78 is 88.1. The van der Waals surface area contributed by atoms with Crippen molar-refractivity contribution < 1.29 is 59.4 Å². The van der Waals surface area contributed by atoms with E-state index in [4.69, 9.17) is 18.9 Å². The first-order valence-corrected chi connectivity index (χ1v) is 21.9. The van der Waals surface area contributed by atoms with E-state index < -0.39 is 61.9 Å². The molecule has 0 spiro atoms. The predicted octanol–water partition coefficient (Wildman–Crippen LogP) is 5.08. The number of aliphatic carboxylic acids is 1. The molecule has 1 heterocycles. The molecule has 1 unspecified atom stereocenters. The molecule has 0 saturated carbocycles. The van der Waals surface area contributed by atoms with Crippen LogP contribution in [-0.2, 0) is 28.6 Å². The Morgan fingerprint density at radius 3 is 1.83 bits per heavy atom. The molecule has 238 valence electrons. The summed E-state index contributed by atoms with van der Waals surface area (Å²) in [7, 11) is -8.87. The van der Waals surface area contributed by atoms with E-state index in [0.29, 0.717) is 24.3 Å². The van der Waals surface area contributed by atoms with Crippen LogP contribution >= 0.6 is 0 Å². The number of halogens is 3. The standard InChI is InChI=1S/C25H38F3NO10SSi2/c1-41(2,3)12-10-35-16-37-20-8-7-9-21(38-17-36-11-13-42(4,5)6)22(20)23(30)29-15-18(14-19(29)24(31)32)39-40(33,34)25(26,27)28/h7-9,15,19H,10-14,16-17H2,1-6H3,(H,31,32). The fourth-order valence-corrected chi connectivity index (χ4v) is 5.41. The number of benzene rings is 1. The topological polar surface area (TPSA) is 138 Å². The Hall–Kier alpha value is -2.61. The van der Waals surface area contributed by atoms with Gasteiger partial charge in [-0.25, -0.2) is 4.79 Å². The van der Waals surface area contributed by atoms with Crippen molar-refractivity contribution in [1.82, 2.24) is 4.90 Å². The molecule has 0 fully saturated rings. The van der Waals surface area contributed by atoms with Gasteiger partial charge in [0.2, 0.25) is 0 Å². The lowest BCUT2D eigenvalue weighted by Crippen LogP contribution is -2.39. The molecule has 1 N–H and O–H groups in total. The van der Waals surface area contributed by atoms with E-state index >= 15 is 0 Å². The van der Waals surface area contributed by atoms with Gasteiger partial charge >= 0.3 is 21.6 Å². The van der Waals surface area contributed by atoms with Crippen molar-refractivity contribution in [2.75, 3.05) is 26.8 Å². The Morgan fingerprint density at radius 1 is 0.952 bits per heavy atom. The largest absolute Gasteiger partial charge is 0.534 e. The molecule has 11 nitrogen and oxygen atoms in total. The van der Waals surface area contributed by atoms with E-state index in [0.717, 1.165) is 12.1 Å². The van der Waals surface area contributed by atoms with Gasteiger partial charge in [-0.15, -0.1) is 0 Å². The van der Waals surface area contributed by atoms with Gasteiger partial charge in [0, 0.05) is 42.0 Å². The second kappa shape index (κ2) is 14.2. The van der Waals surface area contributed by atoms with Crippen LogP contribution in [0.25, 0.3) is 0 Å². The summed E-state index contributed by atoms with van der Waals surface area (Å²) in [5.74, 6) is -3.63. The van der Waals surface area contributed by atoms with Crippen molar-refractivity contribution in [2.45, 2.75) is 69.3 Å². The SMILES string of the molecule is C[Si](C)(C)CCOCOc1cccc(OCOCC[Si](C)(C)C)c1C(=O)N1C=C(OS(=O)(=O)C(F)(F)F)CC1C(=O)O. The molecule has 0 bridgehead atoms. The molecule has 0 radical (unpaired) electrons. The third-order valence-corrected chi connectivity index (χ3v) is 10.2. The van der Waals surface area contributed by atoms with Gasteiger partial charge in [-0.2, -0.15) is 21.6 Å². The number of carboxylic acid groups (broad SMARTS) is 1. The molecule has 1 aromatic rings. The van der Waals surface area contributed by atoms with Gasteiger partial charge in [0.25, 0.3) is 5.91 Å². The molecule has 1 aromatic carbocycles. The summed E-state index contributed by atoms with van der Waals surface area (Å²) in [5, 5.41) is 9.68. The fourth-order valence-electron chi connectivity index (χ4n) is 3.41. The van der Waals surface area contributed by atoms with Crippen LogP contribution in [0.1, 0.15) is 16.8 Å². The molecule has 1 aliphatic heterocycles. The summed E-state index contributed by atoms with van der Waals surface area (Å²) in [5.41, 5.74) is -6.02. The van der Waals surface area contributed by atoms with Crippen molar-refractivity contribution in [3.63, 3.8) is 0 Å². The van der Waals surface area contributed by atoms with E-state index in [2.05, 4.69) is 43.5 Å². The Balaban J connectivity index is 2.36. The second-order valence-electron chi connectivity index (χ2n) is 11.9. The predicted molar refractivity (Wildman–Crippen MR) is 152 cm³/mol. The van der Waals surface area contributed by atoms with Gasteiger partial charge in [0.05, 0.1) is 0 Å². The fraction of sp³-hybridized carbons (Fsp3) is 0.600. The van der Waals surface area contributed by atoms with E-state index in [-0.39, 0.29) is 30.6 Å². The maximum Gasteiger partial charge on any atom is 0.534 e. The zero-order chi connectivity index (χ0) is 31.9. The highest BCUT2D eigenvalue weighted by Crippen LogP contribution is 2.36. The highest BCUT2D eigenvalue weighted by molar-refractivity contribution is 7.87. The molecule has 0 aromatic heterocycles. The molecule has 1 amide bonds. The molecule has 1 atom stereocenters. The second-order valence-corrected chi connectivity index (χ2v) is 24.7. The lowest BCUT2D eigenvalue weighted by molar-refractivity contribution is -0.141. The van der Waals surface area contributed by atoms with Crippen LogP contribution in [0.15, 0.2) is 30.2 Å². The van der Waals surface area contributed by atoms with Gasteiger partial charge in [-0.05, 0) is 24.2 Å². The summed E-state index contributed by atoms with van der Waals surface area (Å²) >= 11 is 0. The number of alkyl halides is 3. The van der Waals surface area contributed by atoms with Crippen molar-refractivity contribution in [2.24, 2.45) is 0 Å². The number of amides is 1. The zero-order valence-electron chi connectivity index (χ0n) is 24.4. The number of ether oxygens (including phenoxy) is 4. The first-order chi connectivity index (χ1) is 19.2. The minimum atomic E-state index is -6.09. The first-order valence-electron chi connectivity index (χ1n) is 13.0. The lowest BCUT2D eigenvalue weighted by atomic mass is 10.1. The molecule has 2 rings (SSSR count). The molecule has 17 heteroatoms. The molecule has 42 heavy (non-hydrogen) atoms. The highest BCUT2D eigenvalue weighted by Gasteiger charge is 2.50. The summed E-state index contributed by atoms with van der Waals surface area (Å²) in [6.45, 7) is 13.3. The van der Waals surface area contributed by atoms with Crippen molar-refractivity contribution in [3.8, 4) is 11.5 Å². The smallest absolute Gasteiger partial charge is 0.480 e. The monoisotopic (exact) mass is 657 g/mol. The quantitative estimate of drug-likeness (QED) is 0.0843. The van der Waals surface area contributed by atoms with Gasteiger partial charge in [-0.1, -0.05) is 45.3 Å². The maximum atomic E-state index is 13.7. The van der Waals surface area contributed by atoms with Crippen molar-refractivity contribution >= 4 is 38.1 Å². The van der Waals surface area contributed by atoms with Crippen LogP contribution < -0.4 is 9.47 Å². The number of carbonyl (C=O) groups excluding carboxylic acids is 1. The molecule has 0 aliphatic carbocycles. The maximum absolute atomic E-state index is 13.7. The number of carboxylic acids is 1. The van der Waals surface area contributed by atoms with Gasteiger partial charge < -0.3 is 28.2 Å².